The van der Waals surface area contributed by atoms with Crippen LogP contribution in [0.5, 0.6) is 0 Å². The highest BCUT2D eigenvalue weighted by Crippen LogP contribution is 2.40. The smallest absolute Gasteiger partial charge is 0.338 e. The second-order valence-electron chi connectivity index (χ2n) is 7.24. The van der Waals surface area contributed by atoms with Crippen LogP contribution < -0.4 is 5.73 Å². The Morgan fingerprint density at radius 3 is 2.90 bits per heavy atom. The highest BCUT2D eigenvalue weighted by Gasteiger charge is 2.36. The van der Waals surface area contributed by atoms with E-state index in [0.717, 1.165) is 22.0 Å². The monoisotopic (exact) mass is 414 g/mol. The van der Waals surface area contributed by atoms with E-state index in [1.165, 1.54) is 0 Å². The van der Waals surface area contributed by atoms with E-state index in [-0.39, 0.29) is 23.6 Å². The molecule has 0 aliphatic carbocycles. The molecule has 0 fully saturated rings. The molecule has 31 heavy (non-hydrogen) atoms. The molecule has 1 unspecified atom stereocenters. The predicted molar refractivity (Wildman–Crippen MR) is 115 cm³/mol. The van der Waals surface area contributed by atoms with Crippen LogP contribution in [0, 0.1) is 11.3 Å². The van der Waals surface area contributed by atoms with Crippen molar-refractivity contribution in [1.82, 2.24) is 9.55 Å². The quantitative estimate of drug-likeness (QED) is 0.638. The van der Waals surface area contributed by atoms with Crippen LogP contribution in [0.1, 0.15) is 30.9 Å². The number of nitrogens with zero attached hydrogens (tertiary/aromatic N) is 3. The number of carbonyl (C=O) groups is 1. The SMILES string of the molecule is CCOC(=O)C1=C(C)OC(N)=C(C#N)C1c1ccc2ccn(Cc3cccnc3)c2c1. The third-order valence-electron chi connectivity index (χ3n) is 5.31. The molecule has 1 atom stereocenters. The van der Waals surface area contributed by atoms with E-state index < -0.39 is 11.9 Å². The molecule has 2 aromatic heterocycles. The van der Waals surface area contributed by atoms with Crippen LogP contribution in [0.3, 0.4) is 0 Å². The van der Waals surface area contributed by atoms with Crippen LogP contribution in [-0.2, 0) is 20.8 Å². The van der Waals surface area contributed by atoms with Crippen LogP contribution in [0.25, 0.3) is 10.9 Å². The van der Waals surface area contributed by atoms with Gasteiger partial charge in [-0.15, -0.1) is 0 Å². The zero-order chi connectivity index (χ0) is 22.0. The van der Waals surface area contributed by atoms with Crippen LogP contribution >= 0.6 is 0 Å². The number of carbonyl (C=O) groups excluding carboxylic acids is 1. The number of pyridine rings is 1. The lowest BCUT2D eigenvalue weighted by molar-refractivity contribution is -0.139. The van der Waals surface area contributed by atoms with Gasteiger partial charge in [-0.1, -0.05) is 18.2 Å². The summed E-state index contributed by atoms with van der Waals surface area (Å²) in [7, 11) is 0. The molecule has 156 valence electrons. The van der Waals surface area contributed by atoms with E-state index >= 15 is 0 Å². The topological polar surface area (TPSA) is 103 Å². The molecule has 1 aliphatic heterocycles. The lowest BCUT2D eigenvalue weighted by Crippen LogP contribution is -2.25. The van der Waals surface area contributed by atoms with E-state index in [2.05, 4.69) is 15.6 Å². The minimum absolute atomic E-state index is 0.00360. The van der Waals surface area contributed by atoms with Gasteiger partial charge in [0.2, 0.25) is 5.88 Å². The standard InChI is InChI=1S/C24H22N4O3/c1-3-30-24(29)21-15(2)31-23(26)19(12-25)22(21)18-7-6-17-8-10-28(20(17)11-18)14-16-5-4-9-27-13-16/h4-11,13,22H,3,14,26H2,1-2H3. The molecule has 3 aromatic rings. The van der Waals surface area contributed by atoms with Gasteiger partial charge in [0.25, 0.3) is 0 Å². The van der Waals surface area contributed by atoms with E-state index in [0.29, 0.717) is 12.3 Å². The van der Waals surface area contributed by atoms with E-state index in [4.69, 9.17) is 15.2 Å². The summed E-state index contributed by atoms with van der Waals surface area (Å²) in [4.78, 5) is 16.9. The molecule has 0 bridgehead atoms. The summed E-state index contributed by atoms with van der Waals surface area (Å²) in [5.41, 5.74) is 9.30. The third kappa shape index (κ3) is 3.76. The third-order valence-corrected chi connectivity index (χ3v) is 5.31. The molecular formula is C24H22N4O3. The van der Waals surface area contributed by atoms with Crippen LogP contribution in [0.2, 0.25) is 0 Å². The molecule has 0 saturated carbocycles. The summed E-state index contributed by atoms with van der Waals surface area (Å²) >= 11 is 0. The molecular weight excluding hydrogens is 392 g/mol. The van der Waals surface area contributed by atoms with Crippen LogP contribution in [-0.4, -0.2) is 22.1 Å². The minimum atomic E-state index is -0.663. The molecule has 0 saturated heterocycles. The Balaban J connectivity index is 1.83. The minimum Gasteiger partial charge on any atom is -0.463 e. The van der Waals surface area contributed by atoms with Crippen molar-refractivity contribution >= 4 is 16.9 Å². The van der Waals surface area contributed by atoms with Gasteiger partial charge in [-0.25, -0.2) is 4.79 Å². The Bertz CT molecular complexity index is 1250. The largest absolute Gasteiger partial charge is 0.463 e. The average molecular weight is 414 g/mol. The molecule has 0 spiro atoms. The number of ether oxygens (including phenoxy) is 2. The van der Waals surface area contributed by atoms with Crippen molar-refractivity contribution < 1.29 is 14.3 Å². The number of esters is 1. The van der Waals surface area contributed by atoms with Crippen molar-refractivity contribution in [2.45, 2.75) is 26.3 Å². The van der Waals surface area contributed by atoms with Gasteiger partial charge in [-0.3, -0.25) is 4.98 Å². The Morgan fingerprint density at radius 2 is 2.19 bits per heavy atom. The number of allylic oxidation sites excluding steroid dienone is 2. The zero-order valence-electron chi connectivity index (χ0n) is 17.3. The number of hydrogen-bond acceptors (Lipinski definition) is 6. The van der Waals surface area contributed by atoms with Gasteiger partial charge in [-0.2, -0.15) is 5.26 Å². The first-order valence-corrected chi connectivity index (χ1v) is 9.96. The molecule has 0 amide bonds. The van der Waals surface area contributed by atoms with E-state index in [9.17, 15) is 10.1 Å². The fraction of sp³-hybridized carbons (Fsp3) is 0.208. The number of hydrogen-bond donors (Lipinski definition) is 1. The maximum atomic E-state index is 12.7. The fourth-order valence-corrected chi connectivity index (χ4v) is 3.89. The normalized spacial score (nSPS) is 16.2. The maximum Gasteiger partial charge on any atom is 0.338 e. The van der Waals surface area contributed by atoms with E-state index in [1.807, 2.05) is 48.8 Å². The van der Waals surface area contributed by atoms with Gasteiger partial charge in [0.1, 0.15) is 17.4 Å². The first kappa shape index (κ1) is 20.2. The zero-order valence-corrected chi connectivity index (χ0v) is 17.3. The van der Waals surface area contributed by atoms with Crippen LogP contribution in [0.4, 0.5) is 0 Å². The second-order valence-corrected chi connectivity index (χ2v) is 7.24. The summed E-state index contributed by atoms with van der Waals surface area (Å²) in [6.45, 7) is 4.26. The number of nitrogens with two attached hydrogens (primary N) is 1. The second kappa shape index (κ2) is 8.36. The van der Waals surface area contributed by atoms with Crippen molar-refractivity contribution in [3.05, 3.63) is 88.9 Å². The molecule has 7 heteroatoms. The fourth-order valence-electron chi connectivity index (χ4n) is 3.89. The van der Waals surface area contributed by atoms with Crippen molar-refractivity contribution in [2.75, 3.05) is 6.61 Å². The average Bonchev–Trinajstić information content (AvgIpc) is 3.16. The van der Waals surface area contributed by atoms with Crippen molar-refractivity contribution in [3.63, 3.8) is 0 Å². The summed E-state index contributed by atoms with van der Waals surface area (Å²) in [5, 5.41) is 10.8. The van der Waals surface area contributed by atoms with Crippen molar-refractivity contribution in [3.8, 4) is 6.07 Å². The molecule has 2 N–H and O–H groups in total. The van der Waals surface area contributed by atoms with E-state index in [1.54, 1.807) is 20.0 Å². The number of aromatic nitrogens is 2. The molecule has 0 radical (unpaired) electrons. The number of rotatable bonds is 5. The Kier molecular flexibility index (Phi) is 5.46. The summed E-state index contributed by atoms with van der Waals surface area (Å²) in [6, 6.07) is 13.9. The van der Waals surface area contributed by atoms with Gasteiger partial charge in [-0.05, 0) is 48.6 Å². The maximum absolute atomic E-state index is 12.7. The molecule has 4 rings (SSSR count). The lowest BCUT2D eigenvalue weighted by Gasteiger charge is -2.27. The molecule has 7 nitrogen and oxygen atoms in total. The molecule has 1 aliphatic rings. The molecule has 3 heterocycles. The highest BCUT2D eigenvalue weighted by atomic mass is 16.5. The predicted octanol–water partition coefficient (Wildman–Crippen LogP) is 3.73. The first-order valence-electron chi connectivity index (χ1n) is 9.96. The van der Waals surface area contributed by atoms with Gasteiger partial charge in [0, 0.05) is 30.7 Å². The number of fused-ring (bicyclic) bond motifs is 1. The number of nitriles is 1. The van der Waals surface area contributed by atoms with Gasteiger partial charge >= 0.3 is 5.97 Å². The highest BCUT2D eigenvalue weighted by molar-refractivity contribution is 5.93. The molecule has 1 aromatic carbocycles. The summed E-state index contributed by atoms with van der Waals surface area (Å²) in [6.07, 6.45) is 5.58. The van der Waals surface area contributed by atoms with Crippen molar-refractivity contribution in [2.24, 2.45) is 5.73 Å². The first-order chi connectivity index (χ1) is 15.0. The van der Waals surface area contributed by atoms with Crippen molar-refractivity contribution in [1.29, 1.82) is 5.26 Å². The Labute approximate surface area is 180 Å². The Morgan fingerprint density at radius 1 is 1.35 bits per heavy atom. The Hall–Kier alpha value is -4.05. The van der Waals surface area contributed by atoms with Gasteiger partial charge in [0.05, 0.1) is 18.1 Å². The van der Waals surface area contributed by atoms with Gasteiger partial charge < -0.3 is 19.8 Å². The lowest BCUT2D eigenvalue weighted by atomic mass is 9.83. The van der Waals surface area contributed by atoms with Gasteiger partial charge in [0.15, 0.2) is 0 Å². The number of benzene rings is 1. The van der Waals surface area contributed by atoms with Crippen LogP contribution in [0.15, 0.2) is 77.8 Å². The summed E-state index contributed by atoms with van der Waals surface area (Å²) < 4.78 is 12.8. The summed E-state index contributed by atoms with van der Waals surface area (Å²) in [5.74, 6) is -0.838.